The number of benzene rings is 1. The molecule has 0 bridgehead atoms. The zero-order valence-electron chi connectivity index (χ0n) is 10.1. The summed E-state index contributed by atoms with van der Waals surface area (Å²) in [5, 5.41) is 3.80. The Morgan fingerprint density at radius 3 is 3.00 bits per heavy atom. The number of hydrogen-bond acceptors (Lipinski definition) is 4. The van der Waals surface area contributed by atoms with Gasteiger partial charge in [0.1, 0.15) is 12.0 Å². The molecular weight excluding hydrogens is 334 g/mol. The van der Waals surface area contributed by atoms with E-state index in [9.17, 15) is 4.79 Å². The number of nitrogens with one attached hydrogen (secondary N) is 1. The minimum Gasteiger partial charge on any atom is -0.467 e. The molecule has 0 amide bonds. The van der Waals surface area contributed by atoms with Crippen LogP contribution in [0.3, 0.4) is 0 Å². The van der Waals surface area contributed by atoms with E-state index in [4.69, 9.17) is 16.0 Å². The van der Waals surface area contributed by atoms with E-state index < -0.39 is 5.97 Å². The van der Waals surface area contributed by atoms with Gasteiger partial charge in [0.2, 0.25) is 0 Å². The number of halogens is 2. The van der Waals surface area contributed by atoms with Gasteiger partial charge in [0.15, 0.2) is 0 Å². The average molecular weight is 345 g/mol. The maximum absolute atomic E-state index is 11.3. The average Bonchev–Trinajstić information content (AvgIpc) is 2.88. The number of esters is 1. The van der Waals surface area contributed by atoms with Crippen LogP contribution in [0.1, 0.15) is 16.1 Å². The molecule has 0 aliphatic heterocycles. The number of hydrogen-bond donors (Lipinski definition) is 1. The first-order valence-electron chi connectivity index (χ1n) is 5.45. The smallest absolute Gasteiger partial charge is 0.341 e. The lowest BCUT2D eigenvalue weighted by Crippen LogP contribution is -2.00. The topological polar surface area (TPSA) is 51.5 Å². The summed E-state index contributed by atoms with van der Waals surface area (Å²) in [6.07, 6.45) is 1.37. The largest absolute Gasteiger partial charge is 0.467 e. The van der Waals surface area contributed by atoms with Gasteiger partial charge in [0.05, 0.1) is 24.9 Å². The molecule has 0 aliphatic rings. The van der Waals surface area contributed by atoms with Crippen LogP contribution >= 0.6 is 27.5 Å². The number of anilines is 1. The molecule has 19 heavy (non-hydrogen) atoms. The number of carbonyl (C=O) groups excluding carboxylic acids is 1. The van der Waals surface area contributed by atoms with Gasteiger partial charge >= 0.3 is 5.97 Å². The van der Waals surface area contributed by atoms with Crippen LogP contribution in [0.25, 0.3) is 0 Å². The van der Waals surface area contributed by atoms with Gasteiger partial charge in [-0.3, -0.25) is 0 Å². The molecule has 6 heteroatoms. The predicted molar refractivity (Wildman–Crippen MR) is 76.5 cm³/mol. The highest BCUT2D eigenvalue weighted by atomic mass is 79.9. The SMILES string of the molecule is COC(=O)c1coc(CNc2cc(Cl)ccc2Br)c1. The third-order valence-electron chi connectivity index (χ3n) is 2.46. The van der Waals surface area contributed by atoms with E-state index in [1.165, 1.54) is 13.4 Å². The Labute approximate surface area is 123 Å². The van der Waals surface area contributed by atoms with E-state index in [2.05, 4.69) is 26.0 Å². The Balaban J connectivity index is 2.04. The van der Waals surface area contributed by atoms with Crippen LogP contribution in [0.4, 0.5) is 5.69 Å². The highest BCUT2D eigenvalue weighted by molar-refractivity contribution is 9.10. The van der Waals surface area contributed by atoms with Crippen molar-refractivity contribution in [3.05, 3.63) is 51.3 Å². The molecule has 2 rings (SSSR count). The van der Waals surface area contributed by atoms with Gasteiger partial charge in [-0.1, -0.05) is 11.6 Å². The van der Waals surface area contributed by atoms with Crippen molar-refractivity contribution in [3.63, 3.8) is 0 Å². The quantitative estimate of drug-likeness (QED) is 0.849. The minimum atomic E-state index is -0.418. The van der Waals surface area contributed by atoms with Crippen molar-refractivity contribution < 1.29 is 13.9 Å². The van der Waals surface area contributed by atoms with Gasteiger partial charge in [-0.25, -0.2) is 4.79 Å². The zero-order valence-corrected chi connectivity index (χ0v) is 12.4. The van der Waals surface area contributed by atoms with Gasteiger partial charge in [-0.2, -0.15) is 0 Å². The lowest BCUT2D eigenvalue weighted by molar-refractivity contribution is 0.0600. The second kappa shape index (κ2) is 6.12. The fraction of sp³-hybridized carbons (Fsp3) is 0.154. The van der Waals surface area contributed by atoms with Gasteiger partial charge in [0.25, 0.3) is 0 Å². The molecule has 0 saturated heterocycles. The van der Waals surface area contributed by atoms with Crippen molar-refractivity contribution >= 4 is 39.2 Å². The predicted octanol–water partition coefficient (Wildman–Crippen LogP) is 4.09. The van der Waals surface area contributed by atoms with Crippen LogP contribution in [-0.2, 0) is 11.3 Å². The Hall–Kier alpha value is -1.46. The van der Waals surface area contributed by atoms with Crippen LogP contribution in [-0.4, -0.2) is 13.1 Å². The molecule has 0 saturated carbocycles. The molecule has 1 aromatic heterocycles. The molecule has 0 aliphatic carbocycles. The van der Waals surface area contributed by atoms with E-state index in [-0.39, 0.29) is 0 Å². The summed E-state index contributed by atoms with van der Waals surface area (Å²) in [7, 11) is 1.33. The first kappa shape index (κ1) is 14.0. The van der Waals surface area contributed by atoms with E-state index >= 15 is 0 Å². The third kappa shape index (κ3) is 3.52. The van der Waals surface area contributed by atoms with Crippen LogP contribution < -0.4 is 5.32 Å². The molecule has 0 unspecified atom stereocenters. The Morgan fingerprint density at radius 1 is 1.47 bits per heavy atom. The summed E-state index contributed by atoms with van der Waals surface area (Å²) in [4.78, 5) is 11.3. The fourth-order valence-corrected chi connectivity index (χ4v) is 2.07. The molecule has 0 atom stereocenters. The van der Waals surface area contributed by atoms with Gasteiger partial charge in [0, 0.05) is 9.50 Å². The molecule has 0 spiro atoms. The molecule has 100 valence electrons. The van der Waals surface area contributed by atoms with Crippen LogP contribution in [0.5, 0.6) is 0 Å². The number of ether oxygens (including phenoxy) is 1. The fourth-order valence-electron chi connectivity index (χ4n) is 1.51. The molecule has 1 heterocycles. The van der Waals surface area contributed by atoms with Crippen LogP contribution in [0, 0.1) is 0 Å². The highest BCUT2D eigenvalue weighted by Gasteiger charge is 2.10. The summed E-state index contributed by atoms with van der Waals surface area (Å²) in [5.41, 5.74) is 1.24. The molecule has 1 N–H and O–H groups in total. The van der Waals surface area contributed by atoms with E-state index in [0.29, 0.717) is 22.9 Å². The first-order valence-corrected chi connectivity index (χ1v) is 6.62. The third-order valence-corrected chi connectivity index (χ3v) is 3.38. The first-order chi connectivity index (χ1) is 9.10. The summed E-state index contributed by atoms with van der Waals surface area (Å²) in [6, 6.07) is 7.08. The van der Waals surface area contributed by atoms with Gasteiger partial charge < -0.3 is 14.5 Å². The van der Waals surface area contributed by atoms with Crippen molar-refractivity contribution in [2.24, 2.45) is 0 Å². The molecule has 0 fully saturated rings. The number of carbonyl (C=O) groups is 1. The van der Waals surface area contributed by atoms with Gasteiger partial charge in [-0.15, -0.1) is 0 Å². The second-order valence-corrected chi connectivity index (χ2v) is 5.06. The lowest BCUT2D eigenvalue weighted by atomic mass is 10.3. The maximum atomic E-state index is 11.3. The van der Waals surface area contributed by atoms with Crippen molar-refractivity contribution in [1.29, 1.82) is 0 Å². The number of methoxy groups -OCH3 is 1. The van der Waals surface area contributed by atoms with Crippen molar-refractivity contribution in [3.8, 4) is 0 Å². The normalized spacial score (nSPS) is 10.3. The molecule has 4 nitrogen and oxygen atoms in total. The molecule has 0 radical (unpaired) electrons. The molecule has 1 aromatic carbocycles. The molecule has 2 aromatic rings. The Morgan fingerprint density at radius 2 is 2.26 bits per heavy atom. The van der Waals surface area contributed by atoms with Gasteiger partial charge in [-0.05, 0) is 40.2 Å². The summed E-state index contributed by atoms with van der Waals surface area (Å²) < 4.78 is 10.8. The zero-order chi connectivity index (χ0) is 13.8. The minimum absolute atomic E-state index is 0.393. The van der Waals surface area contributed by atoms with Crippen molar-refractivity contribution in [1.82, 2.24) is 0 Å². The highest BCUT2D eigenvalue weighted by Crippen LogP contribution is 2.26. The second-order valence-electron chi connectivity index (χ2n) is 3.77. The molecular formula is C13H11BrClNO3. The number of rotatable bonds is 4. The maximum Gasteiger partial charge on any atom is 0.341 e. The Kier molecular flexibility index (Phi) is 4.50. The lowest BCUT2D eigenvalue weighted by Gasteiger charge is -2.07. The summed E-state index contributed by atoms with van der Waals surface area (Å²) in [6.45, 7) is 0.440. The van der Waals surface area contributed by atoms with Crippen LogP contribution in [0.15, 0.2) is 39.4 Å². The van der Waals surface area contributed by atoms with Crippen LogP contribution in [0.2, 0.25) is 5.02 Å². The van der Waals surface area contributed by atoms with E-state index in [1.807, 2.05) is 6.07 Å². The standard InChI is InChI=1S/C13H11BrClNO3/c1-18-13(17)8-4-10(19-7-8)6-16-12-5-9(15)2-3-11(12)14/h2-5,7,16H,6H2,1H3. The monoisotopic (exact) mass is 343 g/mol. The number of furan rings is 1. The van der Waals surface area contributed by atoms with E-state index in [1.54, 1.807) is 18.2 Å². The summed E-state index contributed by atoms with van der Waals surface area (Å²) >= 11 is 9.34. The summed E-state index contributed by atoms with van der Waals surface area (Å²) in [5.74, 6) is 0.214. The van der Waals surface area contributed by atoms with Crippen molar-refractivity contribution in [2.45, 2.75) is 6.54 Å². The van der Waals surface area contributed by atoms with Crippen molar-refractivity contribution in [2.75, 3.05) is 12.4 Å². The van der Waals surface area contributed by atoms with E-state index in [0.717, 1.165) is 10.2 Å². The Bertz CT molecular complexity index is 597.